The number of aryl methyl sites for hydroxylation is 1. The van der Waals surface area contributed by atoms with Crippen molar-refractivity contribution in [1.29, 1.82) is 0 Å². The fraction of sp³-hybridized carbons (Fsp3) is 0.500. The third kappa shape index (κ3) is 1.91. The maximum atomic E-state index is 5.70. The van der Waals surface area contributed by atoms with Gasteiger partial charge in [-0.25, -0.2) is 4.98 Å². The Morgan fingerprint density at radius 1 is 1.54 bits per heavy atom. The number of hydrogen-bond acceptors (Lipinski definition) is 3. The maximum absolute atomic E-state index is 5.70. The summed E-state index contributed by atoms with van der Waals surface area (Å²) in [6, 6.07) is 2.02. The van der Waals surface area contributed by atoms with Crippen LogP contribution in [0.25, 0.3) is 0 Å². The predicted molar refractivity (Wildman–Crippen MR) is 52.2 cm³/mol. The molecule has 0 aromatic carbocycles. The highest BCUT2D eigenvalue weighted by Crippen LogP contribution is 2.30. The van der Waals surface area contributed by atoms with E-state index in [9.17, 15) is 0 Å². The molecule has 0 bridgehead atoms. The van der Waals surface area contributed by atoms with Crippen LogP contribution in [0.4, 0.5) is 5.82 Å². The van der Waals surface area contributed by atoms with Crippen LogP contribution < -0.4 is 10.1 Å². The topological polar surface area (TPSA) is 34.2 Å². The Labute approximate surface area is 78.1 Å². The second-order valence-electron chi connectivity index (χ2n) is 3.43. The van der Waals surface area contributed by atoms with E-state index in [0.717, 1.165) is 17.1 Å². The molecule has 0 spiro atoms. The molecule has 1 N–H and O–H groups in total. The molecule has 2 rings (SSSR count). The van der Waals surface area contributed by atoms with Gasteiger partial charge in [-0.1, -0.05) is 0 Å². The lowest BCUT2D eigenvalue weighted by molar-refractivity contribution is 0.303. The minimum absolute atomic E-state index is 0.427. The van der Waals surface area contributed by atoms with E-state index in [-0.39, 0.29) is 0 Å². The van der Waals surface area contributed by atoms with Gasteiger partial charge < -0.3 is 10.1 Å². The molecule has 1 aromatic rings. The number of anilines is 1. The van der Waals surface area contributed by atoms with Crippen LogP contribution in [0.3, 0.4) is 0 Å². The lowest BCUT2D eigenvalue weighted by Crippen LogP contribution is -2.02. The summed E-state index contributed by atoms with van der Waals surface area (Å²) in [4.78, 5) is 4.24. The standard InChI is InChI=1S/C10H14N2O/c1-7-5-9(13-8-3-4-8)10(11-2)12-6-7/h5-6,8H,3-4H2,1-2H3,(H,11,12). The summed E-state index contributed by atoms with van der Waals surface area (Å²) < 4.78 is 5.70. The van der Waals surface area contributed by atoms with Gasteiger partial charge in [0.25, 0.3) is 0 Å². The Kier molecular flexibility index (Phi) is 2.08. The van der Waals surface area contributed by atoms with Crippen LogP contribution >= 0.6 is 0 Å². The third-order valence-corrected chi connectivity index (χ3v) is 2.04. The highest BCUT2D eigenvalue weighted by Gasteiger charge is 2.24. The van der Waals surface area contributed by atoms with Gasteiger partial charge in [0.2, 0.25) is 0 Å². The second-order valence-corrected chi connectivity index (χ2v) is 3.43. The molecule has 13 heavy (non-hydrogen) atoms. The number of pyridine rings is 1. The molecular weight excluding hydrogens is 164 g/mol. The number of nitrogens with zero attached hydrogens (tertiary/aromatic N) is 1. The van der Waals surface area contributed by atoms with Crippen LogP contribution in [-0.4, -0.2) is 18.1 Å². The van der Waals surface area contributed by atoms with Crippen molar-refractivity contribution in [3.63, 3.8) is 0 Å². The van der Waals surface area contributed by atoms with E-state index >= 15 is 0 Å². The van der Waals surface area contributed by atoms with Crippen LogP contribution in [0.5, 0.6) is 5.75 Å². The van der Waals surface area contributed by atoms with Crippen LogP contribution in [0.2, 0.25) is 0 Å². The van der Waals surface area contributed by atoms with Gasteiger partial charge in [-0.05, 0) is 31.4 Å². The number of nitrogens with one attached hydrogen (secondary N) is 1. The maximum Gasteiger partial charge on any atom is 0.168 e. The summed E-state index contributed by atoms with van der Waals surface area (Å²) in [6.45, 7) is 2.02. The summed E-state index contributed by atoms with van der Waals surface area (Å²) in [7, 11) is 1.86. The van der Waals surface area contributed by atoms with E-state index in [1.165, 1.54) is 12.8 Å². The zero-order valence-corrected chi connectivity index (χ0v) is 8.00. The fourth-order valence-electron chi connectivity index (χ4n) is 1.19. The average molecular weight is 178 g/mol. The van der Waals surface area contributed by atoms with Crippen molar-refractivity contribution < 1.29 is 4.74 Å². The monoisotopic (exact) mass is 178 g/mol. The molecule has 3 nitrogen and oxygen atoms in total. The highest BCUT2D eigenvalue weighted by atomic mass is 16.5. The number of hydrogen-bond donors (Lipinski definition) is 1. The minimum Gasteiger partial charge on any atom is -0.487 e. The van der Waals surface area contributed by atoms with Gasteiger partial charge in [-0.3, -0.25) is 0 Å². The Morgan fingerprint density at radius 2 is 2.31 bits per heavy atom. The van der Waals surface area contributed by atoms with Crippen molar-refractivity contribution in [2.45, 2.75) is 25.9 Å². The van der Waals surface area contributed by atoms with E-state index in [1.807, 2.05) is 26.2 Å². The molecule has 0 amide bonds. The SMILES string of the molecule is CNc1ncc(C)cc1OC1CC1. The fourth-order valence-corrected chi connectivity index (χ4v) is 1.19. The zero-order valence-electron chi connectivity index (χ0n) is 8.00. The zero-order chi connectivity index (χ0) is 9.26. The first-order valence-corrected chi connectivity index (χ1v) is 4.60. The molecule has 1 aliphatic rings. The van der Waals surface area contributed by atoms with Gasteiger partial charge >= 0.3 is 0 Å². The first-order chi connectivity index (χ1) is 6.29. The summed E-state index contributed by atoms with van der Waals surface area (Å²) in [5, 5.41) is 3.02. The average Bonchev–Trinajstić information content (AvgIpc) is 2.89. The molecule has 1 saturated carbocycles. The normalized spacial score (nSPS) is 15.5. The van der Waals surface area contributed by atoms with E-state index in [1.54, 1.807) is 0 Å². The summed E-state index contributed by atoms with van der Waals surface area (Å²) in [6.07, 6.45) is 4.62. The minimum atomic E-state index is 0.427. The third-order valence-electron chi connectivity index (χ3n) is 2.04. The molecule has 1 heterocycles. The highest BCUT2D eigenvalue weighted by molar-refractivity contribution is 5.50. The van der Waals surface area contributed by atoms with Gasteiger partial charge in [0.05, 0.1) is 6.10 Å². The van der Waals surface area contributed by atoms with Crippen molar-refractivity contribution in [2.75, 3.05) is 12.4 Å². The van der Waals surface area contributed by atoms with Crippen LogP contribution in [0.1, 0.15) is 18.4 Å². The van der Waals surface area contributed by atoms with E-state index in [0.29, 0.717) is 6.10 Å². The predicted octanol–water partition coefficient (Wildman–Crippen LogP) is 1.97. The second kappa shape index (κ2) is 3.24. The van der Waals surface area contributed by atoms with Crippen molar-refractivity contribution in [3.05, 3.63) is 17.8 Å². The van der Waals surface area contributed by atoms with Gasteiger partial charge in [0.1, 0.15) is 0 Å². The molecule has 1 fully saturated rings. The van der Waals surface area contributed by atoms with Crippen molar-refractivity contribution in [1.82, 2.24) is 4.98 Å². The van der Waals surface area contributed by atoms with Gasteiger partial charge in [0, 0.05) is 13.2 Å². The molecule has 0 saturated heterocycles. The lowest BCUT2D eigenvalue weighted by Gasteiger charge is -2.09. The molecule has 0 unspecified atom stereocenters. The van der Waals surface area contributed by atoms with Gasteiger partial charge in [-0.2, -0.15) is 0 Å². The van der Waals surface area contributed by atoms with Crippen molar-refractivity contribution in [3.8, 4) is 5.75 Å². The van der Waals surface area contributed by atoms with Crippen LogP contribution in [0, 0.1) is 6.92 Å². The van der Waals surface area contributed by atoms with E-state index < -0.39 is 0 Å². The van der Waals surface area contributed by atoms with Gasteiger partial charge in [-0.15, -0.1) is 0 Å². The first kappa shape index (κ1) is 8.35. The van der Waals surface area contributed by atoms with E-state index in [2.05, 4.69) is 10.3 Å². The molecule has 0 radical (unpaired) electrons. The number of ether oxygens (including phenoxy) is 1. The Morgan fingerprint density at radius 3 is 2.92 bits per heavy atom. The smallest absolute Gasteiger partial charge is 0.168 e. The molecule has 1 aliphatic carbocycles. The first-order valence-electron chi connectivity index (χ1n) is 4.60. The Bertz CT molecular complexity index is 308. The quantitative estimate of drug-likeness (QED) is 0.768. The molecule has 0 aliphatic heterocycles. The van der Waals surface area contributed by atoms with Gasteiger partial charge in [0.15, 0.2) is 11.6 Å². The molecule has 0 atom stereocenters. The molecule has 3 heteroatoms. The summed E-state index contributed by atoms with van der Waals surface area (Å²) in [5.74, 6) is 1.71. The molecule has 70 valence electrons. The lowest BCUT2D eigenvalue weighted by atomic mass is 10.3. The number of aromatic nitrogens is 1. The van der Waals surface area contributed by atoms with E-state index in [4.69, 9.17) is 4.74 Å². The molecular formula is C10H14N2O. The Hall–Kier alpha value is -1.25. The molecule has 1 aromatic heterocycles. The number of rotatable bonds is 3. The van der Waals surface area contributed by atoms with Crippen LogP contribution in [0.15, 0.2) is 12.3 Å². The Balaban J connectivity index is 2.22. The summed E-state index contributed by atoms with van der Waals surface area (Å²) >= 11 is 0. The van der Waals surface area contributed by atoms with Crippen molar-refractivity contribution in [2.24, 2.45) is 0 Å². The van der Waals surface area contributed by atoms with Crippen molar-refractivity contribution >= 4 is 5.82 Å². The van der Waals surface area contributed by atoms with Crippen LogP contribution in [-0.2, 0) is 0 Å². The largest absolute Gasteiger partial charge is 0.487 e. The summed E-state index contributed by atoms with van der Waals surface area (Å²) in [5.41, 5.74) is 1.13.